The van der Waals surface area contributed by atoms with Gasteiger partial charge in [0, 0.05) is 17.5 Å². The quantitative estimate of drug-likeness (QED) is 0.545. The Labute approximate surface area is 137 Å². The summed E-state index contributed by atoms with van der Waals surface area (Å²) in [5.74, 6) is 0.708. The molecule has 122 valence electrons. The Morgan fingerprint density at radius 2 is 1.96 bits per heavy atom. The molecule has 0 aliphatic rings. The van der Waals surface area contributed by atoms with E-state index >= 15 is 0 Å². The van der Waals surface area contributed by atoms with Gasteiger partial charge >= 0.3 is 5.63 Å². The highest BCUT2D eigenvalue weighted by Gasteiger charge is 2.03. The van der Waals surface area contributed by atoms with Gasteiger partial charge in [-0.15, -0.1) is 0 Å². The lowest BCUT2D eigenvalue weighted by Crippen LogP contribution is -1.99. The van der Waals surface area contributed by atoms with Crippen molar-refractivity contribution in [2.75, 3.05) is 6.61 Å². The van der Waals surface area contributed by atoms with Gasteiger partial charge in [0.1, 0.15) is 17.9 Å². The minimum atomic E-state index is -0.331. The maximum atomic E-state index is 11.4. The molecule has 0 bridgehead atoms. The molecule has 1 heterocycles. The van der Waals surface area contributed by atoms with Gasteiger partial charge in [0.25, 0.3) is 0 Å². The molecular formula is C20H24O3. The molecule has 0 radical (unpaired) electrons. The molecule has 1 aromatic carbocycles. The molecule has 0 aliphatic carbocycles. The van der Waals surface area contributed by atoms with Gasteiger partial charge in [-0.1, -0.05) is 17.2 Å². The largest absolute Gasteiger partial charge is 0.489 e. The normalized spacial score (nSPS) is 11.6. The molecule has 2 aromatic rings. The number of hydrogen-bond acceptors (Lipinski definition) is 3. The molecule has 0 fully saturated rings. The first-order chi connectivity index (χ1) is 11.0. The lowest BCUT2D eigenvalue weighted by molar-refractivity contribution is 0.361. The number of aryl methyl sites for hydroxylation is 1. The van der Waals surface area contributed by atoms with Crippen molar-refractivity contribution in [3.63, 3.8) is 0 Å². The van der Waals surface area contributed by atoms with E-state index in [1.54, 1.807) is 6.07 Å². The summed E-state index contributed by atoms with van der Waals surface area (Å²) in [6.45, 7) is 8.76. The van der Waals surface area contributed by atoms with E-state index in [-0.39, 0.29) is 5.63 Å². The SMILES string of the molecule is CC(C)=CCCC(C)=CCOc1ccc2c(C)cc(=O)oc2c1. The molecule has 23 heavy (non-hydrogen) atoms. The van der Waals surface area contributed by atoms with Crippen LogP contribution in [0, 0.1) is 6.92 Å². The Kier molecular flexibility index (Phi) is 5.80. The summed E-state index contributed by atoms with van der Waals surface area (Å²) in [4.78, 5) is 11.4. The maximum Gasteiger partial charge on any atom is 0.336 e. The summed E-state index contributed by atoms with van der Waals surface area (Å²) in [5.41, 5.74) is 3.81. The molecular weight excluding hydrogens is 288 g/mol. The first kappa shape index (κ1) is 17.1. The molecule has 1 aromatic heterocycles. The van der Waals surface area contributed by atoms with E-state index in [4.69, 9.17) is 9.15 Å². The number of rotatable bonds is 6. The highest BCUT2D eigenvalue weighted by Crippen LogP contribution is 2.22. The van der Waals surface area contributed by atoms with Gasteiger partial charge in [-0.2, -0.15) is 0 Å². The Bertz CT molecular complexity index is 790. The van der Waals surface area contributed by atoms with E-state index in [2.05, 4.69) is 32.9 Å². The van der Waals surface area contributed by atoms with Crippen molar-refractivity contribution >= 4 is 11.0 Å². The van der Waals surface area contributed by atoms with Crippen molar-refractivity contribution in [3.05, 3.63) is 63.5 Å². The first-order valence-corrected chi connectivity index (χ1v) is 7.92. The average molecular weight is 312 g/mol. The Morgan fingerprint density at radius 1 is 1.17 bits per heavy atom. The Balaban J connectivity index is 1.99. The number of hydrogen-bond donors (Lipinski definition) is 0. The predicted molar refractivity (Wildman–Crippen MR) is 95.1 cm³/mol. The summed E-state index contributed by atoms with van der Waals surface area (Å²) < 4.78 is 11.0. The van der Waals surface area contributed by atoms with Crippen LogP contribution < -0.4 is 10.4 Å². The van der Waals surface area contributed by atoms with E-state index in [0.717, 1.165) is 23.8 Å². The molecule has 0 atom stereocenters. The van der Waals surface area contributed by atoms with Crippen molar-refractivity contribution in [1.82, 2.24) is 0 Å². The van der Waals surface area contributed by atoms with Gasteiger partial charge in [-0.05, 0) is 64.3 Å². The van der Waals surface area contributed by atoms with Crippen molar-refractivity contribution < 1.29 is 9.15 Å². The second-order valence-electron chi connectivity index (χ2n) is 6.09. The lowest BCUT2D eigenvalue weighted by atomic mass is 10.1. The summed E-state index contributed by atoms with van der Waals surface area (Å²) >= 11 is 0. The van der Waals surface area contributed by atoms with Crippen LogP contribution in [0.15, 0.2) is 56.8 Å². The zero-order valence-electron chi connectivity index (χ0n) is 14.3. The molecule has 0 aliphatic heterocycles. The topological polar surface area (TPSA) is 39.4 Å². The smallest absolute Gasteiger partial charge is 0.336 e. The predicted octanol–water partition coefficient (Wildman–Crippen LogP) is 5.17. The summed E-state index contributed by atoms with van der Waals surface area (Å²) in [6.07, 6.45) is 6.44. The fourth-order valence-corrected chi connectivity index (χ4v) is 2.37. The lowest BCUT2D eigenvalue weighted by Gasteiger charge is -2.06. The van der Waals surface area contributed by atoms with E-state index in [1.165, 1.54) is 17.2 Å². The molecule has 0 N–H and O–H groups in total. The molecule has 0 amide bonds. The van der Waals surface area contributed by atoms with Gasteiger partial charge in [0.15, 0.2) is 0 Å². The van der Waals surface area contributed by atoms with Crippen LogP contribution in [0.5, 0.6) is 5.75 Å². The maximum absolute atomic E-state index is 11.4. The van der Waals surface area contributed by atoms with Crippen LogP contribution in [0.3, 0.4) is 0 Å². The highest BCUT2D eigenvalue weighted by molar-refractivity contribution is 5.81. The van der Waals surface area contributed by atoms with Crippen molar-refractivity contribution in [2.45, 2.75) is 40.5 Å². The van der Waals surface area contributed by atoms with Crippen LogP contribution >= 0.6 is 0 Å². The van der Waals surface area contributed by atoms with Gasteiger partial charge in [0.2, 0.25) is 0 Å². The summed E-state index contributed by atoms with van der Waals surface area (Å²) in [7, 11) is 0. The standard InChI is InChI=1S/C20H24O3/c1-14(2)6-5-7-15(3)10-11-22-17-8-9-18-16(4)12-20(21)23-19(18)13-17/h6,8-10,12-13H,5,7,11H2,1-4H3. The van der Waals surface area contributed by atoms with Crippen molar-refractivity contribution in [2.24, 2.45) is 0 Å². The monoisotopic (exact) mass is 312 g/mol. The van der Waals surface area contributed by atoms with E-state index < -0.39 is 0 Å². The summed E-state index contributed by atoms with van der Waals surface area (Å²) in [6, 6.07) is 7.10. The average Bonchev–Trinajstić information content (AvgIpc) is 2.46. The number of benzene rings is 1. The molecule has 0 saturated carbocycles. The zero-order valence-corrected chi connectivity index (χ0v) is 14.3. The van der Waals surface area contributed by atoms with Crippen molar-refractivity contribution in [1.29, 1.82) is 0 Å². The third-order valence-electron chi connectivity index (χ3n) is 3.70. The summed E-state index contributed by atoms with van der Waals surface area (Å²) in [5, 5.41) is 0.936. The Hall–Kier alpha value is -2.29. The van der Waals surface area contributed by atoms with Crippen LogP contribution in [-0.4, -0.2) is 6.61 Å². The molecule has 3 nitrogen and oxygen atoms in total. The molecule has 3 heteroatoms. The second kappa shape index (κ2) is 7.82. The van der Waals surface area contributed by atoms with E-state index in [1.807, 2.05) is 19.1 Å². The highest BCUT2D eigenvalue weighted by atomic mass is 16.5. The number of allylic oxidation sites excluding steroid dienone is 3. The Morgan fingerprint density at radius 3 is 2.70 bits per heavy atom. The van der Waals surface area contributed by atoms with Crippen LogP contribution in [0.2, 0.25) is 0 Å². The van der Waals surface area contributed by atoms with Gasteiger partial charge in [-0.25, -0.2) is 4.79 Å². The third-order valence-corrected chi connectivity index (χ3v) is 3.70. The minimum absolute atomic E-state index is 0.331. The second-order valence-corrected chi connectivity index (χ2v) is 6.09. The number of ether oxygens (including phenoxy) is 1. The van der Waals surface area contributed by atoms with Gasteiger partial charge in [0.05, 0.1) is 0 Å². The molecule has 0 unspecified atom stereocenters. The minimum Gasteiger partial charge on any atom is -0.489 e. The van der Waals surface area contributed by atoms with Crippen LogP contribution in [0.1, 0.15) is 39.2 Å². The molecule has 0 saturated heterocycles. The van der Waals surface area contributed by atoms with Gasteiger partial charge < -0.3 is 9.15 Å². The van der Waals surface area contributed by atoms with Crippen molar-refractivity contribution in [3.8, 4) is 5.75 Å². The fraction of sp³-hybridized carbons (Fsp3) is 0.350. The zero-order chi connectivity index (χ0) is 16.8. The first-order valence-electron chi connectivity index (χ1n) is 7.92. The number of fused-ring (bicyclic) bond motifs is 1. The van der Waals surface area contributed by atoms with E-state index in [0.29, 0.717) is 17.9 Å². The van der Waals surface area contributed by atoms with Gasteiger partial charge in [-0.3, -0.25) is 0 Å². The van der Waals surface area contributed by atoms with E-state index in [9.17, 15) is 4.79 Å². The fourth-order valence-electron chi connectivity index (χ4n) is 2.37. The van der Waals surface area contributed by atoms with Crippen LogP contribution in [-0.2, 0) is 0 Å². The van der Waals surface area contributed by atoms with Crippen LogP contribution in [0.4, 0.5) is 0 Å². The third kappa shape index (κ3) is 5.13. The molecule has 0 spiro atoms. The van der Waals surface area contributed by atoms with Crippen LogP contribution in [0.25, 0.3) is 11.0 Å². The molecule has 2 rings (SSSR count).